The van der Waals surface area contributed by atoms with E-state index < -0.39 is 6.10 Å². The molecule has 2 N–H and O–H groups in total. The largest absolute Gasteiger partial charge is 0.384 e. The third-order valence-corrected chi connectivity index (χ3v) is 1.93. The zero-order chi connectivity index (χ0) is 10.6. The Balaban J connectivity index is 2.50. The van der Waals surface area contributed by atoms with Gasteiger partial charge in [0, 0.05) is 6.54 Å². The number of aliphatic hydroxyl groups excluding tert-OH is 1. The topological polar surface area (TPSA) is 49.3 Å². The first-order valence-electron chi connectivity index (χ1n) is 4.61. The van der Waals surface area contributed by atoms with Crippen molar-refractivity contribution in [3.8, 4) is 0 Å². The molecule has 0 saturated heterocycles. The Morgan fingerprint density at radius 2 is 2.29 bits per heavy atom. The van der Waals surface area contributed by atoms with E-state index in [0.717, 1.165) is 11.1 Å². The molecule has 1 atom stereocenters. The molecular weight excluding hydrogens is 178 g/mol. The molecule has 0 saturated carbocycles. The Kier molecular flexibility index (Phi) is 3.65. The van der Waals surface area contributed by atoms with Crippen molar-refractivity contribution in [2.45, 2.75) is 26.5 Å². The molecule has 3 nitrogen and oxygen atoms in total. The maximum absolute atomic E-state index is 11.0. The molecule has 0 fully saturated rings. The smallest absolute Gasteiger partial charge is 0.248 e. The van der Waals surface area contributed by atoms with Gasteiger partial charge in [0.05, 0.1) is 0 Å². The van der Waals surface area contributed by atoms with Crippen LogP contribution in [-0.2, 0) is 11.3 Å². The number of hydrogen-bond acceptors (Lipinski definition) is 2. The van der Waals surface area contributed by atoms with E-state index >= 15 is 0 Å². The van der Waals surface area contributed by atoms with Crippen molar-refractivity contribution in [3.05, 3.63) is 35.4 Å². The summed E-state index contributed by atoms with van der Waals surface area (Å²) in [5.41, 5.74) is 2.20. The Morgan fingerprint density at radius 3 is 2.86 bits per heavy atom. The molecule has 1 aromatic rings. The highest BCUT2D eigenvalue weighted by atomic mass is 16.3. The van der Waals surface area contributed by atoms with E-state index in [4.69, 9.17) is 5.11 Å². The summed E-state index contributed by atoms with van der Waals surface area (Å²) in [6.07, 6.45) is -0.945. The van der Waals surface area contributed by atoms with E-state index in [0.29, 0.717) is 6.54 Å². The van der Waals surface area contributed by atoms with Gasteiger partial charge in [0.1, 0.15) is 6.10 Å². The van der Waals surface area contributed by atoms with Gasteiger partial charge in [-0.05, 0) is 19.4 Å². The lowest BCUT2D eigenvalue weighted by molar-refractivity contribution is -0.128. The minimum atomic E-state index is -0.945. The van der Waals surface area contributed by atoms with E-state index in [9.17, 15) is 4.79 Å². The molecule has 0 aliphatic carbocycles. The van der Waals surface area contributed by atoms with Crippen LogP contribution < -0.4 is 5.32 Å². The number of benzene rings is 1. The van der Waals surface area contributed by atoms with Crippen LogP contribution in [0.15, 0.2) is 24.3 Å². The summed E-state index contributed by atoms with van der Waals surface area (Å²) in [4.78, 5) is 11.0. The van der Waals surface area contributed by atoms with E-state index in [-0.39, 0.29) is 5.91 Å². The minimum Gasteiger partial charge on any atom is -0.384 e. The van der Waals surface area contributed by atoms with Gasteiger partial charge in [0.2, 0.25) is 5.91 Å². The van der Waals surface area contributed by atoms with Crippen LogP contribution in [0.25, 0.3) is 0 Å². The van der Waals surface area contributed by atoms with Crippen molar-refractivity contribution in [1.29, 1.82) is 0 Å². The van der Waals surface area contributed by atoms with Crippen LogP contribution in [0, 0.1) is 6.92 Å². The van der Waals surface area contributed by atoms with Gasteiger partial charge in [-0.3, -0.25) is 4.79 Å². The second kappa shape index (κ2) is 4.77. The fourth-order valence-electron chi connectivity index (χ4n) is 1.16. The molecule has 0 heterocycles. The van der Waals surface area contributed by atoms with Crippen LogP contribution in [0.4, 0.5) is 0 Å². The van der Waals surface area contributed by atoms with Gasteiger partial charge in [0.15, 0.2) is 0 Å². The summed E-state index contributed by atoms with van der Waals surface area (Å²) < 4.78 is 0. The van der Waals surface area contributed by atoms with Crippen molar-refractivity contribution in [3.63, 3.8) is 0 Å². The Morgan fingerprint density at radius 1 is 1.57 bits per heavy atom. The zero-order valence-electron chi connectivity index (χ0n) is 8.45. The number of carbonyl (C=O) groups is 1. The standard InChI is InChI=1S/C11H15NO2/c1-8-4-3-5-10(6-8)7-12-11(14)9(2)13/h3-6,9,13H,7H2,1-2H3,(H,12,14). The summed E-state index contributed by atoms with van der Waals surface area (Å²) in [6, 6.07) is 7.89. The average molecular weight is 193 g/mol. The molecule has 1 unspecified atom stereocenters. The summed E-state index contributed by atoms with van der Waals surface area (Å²) in [6.45, 7) is 3.91. The van der Waals surface area contributed by atoms with Crippen LogP contribution in [0.2, 0.25) is 0 Å². The number of carbonyl (C=O) groups excluding carboxylic acids is 1. The quantitative estimate of drug-likeness (QED) is 0.752. The van der Waals surface area contributed by atoms with Gasteiger partial charge in [-0.2, -0.15) is 0 Å². The van der Waals surface area contributed by atoms with E-state index in [2.05, 4.69) is 5.32 Å². The summed E-state index contributed by atoms with van der Waals surface area (Å²) in [7, 11) is 0. The van der Waals surface area contributed by atoms with Crippen molar-refractivity contribution in [2.75, 3.05) is 0 Å². The molecule has 0 aliphatic heterocycles. The summed E-state index contributed by atoms with van der Waals surface area (Å²) in [5, 5.41) is 11.6. The lowest BCUT2D eigenvalue weighted by Crippen LogP contribution is -2.31. The first-order valence-corrected chi connectivity index (χ1v) is 4.61. The lowest BCUT2D eigenvalue weighted by atomic mass is 10.1. The second-order valence-corrected chi connectivity index (χ2v) is 3.38. The monoisotopic (exact) mass is 193 g/mol. The number of rotatable bonds is 3. The van der Waals surface area contributed by atoms with Gasteiger partial charge in [-0.15, -0.1) is 0 Å². The van der Waals surface area contributed by atoms with Crippen molar-refractivity contribution in [2.24, 2.45) is 0 Å². The molecule has 0 aliphatic rings. The first-order chi connectivity index (χ1) is 6.59. The predicted octanol–water partition coefficient (Wildman–Crippen LogP) is 0.992. The molecule has 76 valence electrons. The van der Waals surface area contributed by atoms with Gasteiger partial charge in [-0.1, -0.05) is 29.8 Å². The van der Waals surface area contributed by atoms with Crippen molar-refractivity contribution in [1.82, 2.24) is 5.32 Å². The van der Waals surface area contributed by atoms with Gasteiger partial charge < -0.3 is 10.4 Å². The van der Waals surface area contributed by atoms with Crippen LogP contribution in [0.1, 0.15) is 18.1 Å². The molecule has 0 aromatic heterocycles. The highest BCUT2D eigenvalue weighted by molar-refractivity contribution is 5.79. The fraction of sp³-hybridized carbons (Fsp3) is 0.364. The van der Waals surface area contributed by atoms with Crippen molar-refractivity contribution >= 4 is 5.91 Å². The maximum Gasteiger partial charge on any atom is 0.248 e. The highest BCUT2D eigenvalue weighted by Gasteiger charge is 2.06. The summed E-state index contributed by atoms with van der Waals surface area (Å²) >= 11 is 0. The van der Waals surface area contributed by atoms with Gasteiger partial charge in [0.25, 0.3) is 0 Å². The van der Waals surface area contributed by atoms with Gasteiger partial charge >= 0.3 is 0 Å². The molecule has 0 bridgehead atoms. The highest BCUT2D eigenvalue weighted by Crippen LogP contribution is 2.03. The average Bonchev–Trinajstić information content (AvgIpc) is 2.14. The normalized spacial score (nSPS) is 12.2. The fourth-order valence-corrected chi connectivity index (χ4v) is 1.16. The van der Waals surface area contributed by atoms with E-state index in [1.54, 1.807) is 0 Å². The third-order valence-electron chi connectivity index (χ3n) is 1.93. The lowest BCUT2D eigenvalue weighted by Gasteiger charge is -2.07. The third kappa shape index (κ3) is 3.18. The van der Waals surface area contributed by atoms with Crippen LogP contribution in [0.5, 0.6) is 0 Å². The molecule has 0 radical (unpaired) electrons. The van der Waals surface area contributed by atoms with Gasteiger partial charge in [-0.25, -0.2) is 0 Å². The van der Waals surface area contributed by atoms with Crippen LogP contribution in [0.3, 0.4) is 0 Å². The van der Waals surface area contributed by atoms with Crippen LogP contribution in [-0.4, -0.2) is 17.1 Å². The molecule has 1 amide bonds. The molecule has 14 heavy (non-hydrogen) atoms. The molecular formula is C11H15NO2. The van der Waals surface area contributed by atoms with E-state index in [1.807, 2.05) is 31.2 Å². The number of nitrogens with one attached hydrogen (secondary N) is 1. The molecule has 3 heteroatoms. The Labute approximate surface area is 83.8 Å². The number of aliphatic hydroxyl groups is 1. The maximum atomic E-state index is 11.0. The predicted molar refractivity (Wildman–Crippen MR) is 54.7 cm³/mol. The SMILES string of the molecule is Cc1cccc(CNC(=O)C(C)O)c1. The first kappa shape index (κ1) is 10.7. The number of aryl methyl sites for hydroxylation is 1. The molecule has 0 spiro atoms. The molecule has 1 aromatic carbocycles. The zero-order valence-corrected chi connectivity index (χ0v) is 8.45. The second-order valence-electron chi connectivity index (χ2n) is 3.38. The molecule has 1 rings (SSSR count). The minimum absolute atomic E-state index is 0.341. The number of amides is 1. The Bertz CT molecular complexity index is 321. The van der Waals surface area contributed by atoms with Crippen LogP contribution >= 0.6 is 0 Å². The number of hydrogen-bond donors (Lipinski definition) is 2. The Hall–Kier alpha value is -1.35. The van der Waals surface area contributed by atoms with Crippen molar-refractivity contribution < 1.29 is 9.90 Å². The van der Waals surface area contributed by atoms with E-state index in [1.165, 1.54) is 6.92 Å². The summed E-state index contributed by atoms with van der Waals surface area (Å²) in [5.74, 6) is -0.341.